The second-order valence-corrected chi connectivity index (χ2v) is 7.83. The molecule has 1 atom stereocenters. The highest BCUT2D eigenvalue weighted by atomic mass is 16.5. The van der Waals surface area contributed by atoms with Crippen molar-refractivity contribution < 1.29 is 18.7 Å². The summed E-state index contributed by atoms with van der Waals surface area (Å²) in [5.74, 6) is 1.64. The van der Waals surface area contributed by atoms with E-state index in [0.717, 1.165) is 17.3 Å². The zero-order chi connectivity index (χ0) is 20.1. The third kappa shape index (κ3) is 4.88. The molecule has 1 aliphatic rings. The van der Waals surface area contributed by atoms with Gasteiger partial charge >= 0.3 is 0 Å². The molecule has 28 heavy (non-hydrogen) atoms. The summed E-state index contributed by atoms with van der Waals surface area (Å²) >= 11 is 0. The predicted octanol–water partition coefficient (Wildman–Crippen LogP) is 2.15. The van der Waals surface area contributed by atoms with E-state index in [1.54, 1.807) is 19.2 Å². The molecule has 1 saturated heterocycles. The normalized spacial score (nSPS) is 17.6. The Balaban J connectivity index is 1.80. The topological polar surface area (TPSA) is 89.7 Å². The number of morpholine rings is 1. The summed E-state index contributed by atoms with van der Waals surface area (Å²) in [6, 6.07) is 5.25. The first-order valence-electron chi connectivity index (χ1n) is 9.42. The number of aromatic nitrogens is 2. The van der Waals surface area contributed by atoms with Gasteiger partial charge in [0.15, 0.2) is 5.76 Å². The Kier molecular flexibility index (Phi) is 6.31. The van der Waals surface area contributed by atoms with Crippen LogP contribution in [-0.2, 0) is 21.5 Å². The molecule has 1 amide bonds. The molecule has 2 aromatic rings. The highest BCUT2D eigenvalue weighted by Crippen LogP contribution is 2.24. The van der Waals surface area contributed by atoms with Crippen LogP contribution in [0, 0.1) is 0 Å². The first kappa shape index (κ1) is 20.3. The summed E-state index contributed by atoms with van der Waals surface area (Å²) in [6.45, 7) is 8.91. The number of ether oxygens (including phenoxy) is 2. The summed E-state index contributed by atoms with van der Waals surface area (Å²) in [6.07, 6.45) is 1.48. The molecule has 0 bridgehead atoms. The van der Waals surface area contributed by atoms with E-state index in [1.807, 2.05) is 6.07 Å². The second-order valence-electron chi connectivity index (χ2n) is 7.83. The van der Waals surface area contributed by atoms with Crippen LogP contribution < -0.4 is 10.2 Å². The summed E-state index contributed by atoms with van der Waals surface area (Å²) in [5.41, 5.74) is 0.649. The first-order chi connectivity index (χ1) is 13.4. The van der Waals surface area contributed by atoms with E-state index in [9.17, 15) is 4.79 Å². The number of nitrogens with zero attached hydrogens (tertiary/aromatic N) is 3. The predicted molar refractivity (Wildman–Crippen MR) is 104 cm³/mol. The zero-order valence-electron chi connectivity index (χ0n) is 16.9. The lowest BCUT2D eigenvalue weighted by Gasteiger charge is -2.37. The smallest absolute Gasteiger partial charge is 0.287 e. The molecule has 1 N–H and O–H groups in total. The van der Waals surface area contributed by atoms with E-state index < -0.39 is 0 Å². The summed E-state index contributed by atoms with van der Waals surface area (Å²) in [4.78, 5) is 23.8. The van der Waals surface area contributed by atoms with E-state index in [-0.39, 0.29) is 17.4 Å². The van der Waals surface area contributed by atoms with Gasteiger partial charge in [-0.15, -0.1) is 0 Å². The molecular weight excluding hydrogens is 360 g/mol. The fourth-order valence-electron chi connectivity index (χ4n) is 3.02. The van der Waals surface area contributed by atoms with Gasteiger partial charge in [0, 0.05) is 31.7 Å². The van der Waals surface area contributed by atoms with Crippen LogP contribution in [0.3, 0.4) is 0 Å². The van der Waals surface area contributed by atoms with Crippen molar-refractivity contribution in [1.29, 1.82) is 0 Å². The molecule has 0 radical (unpaired) electrons. The molecule has 1 aliphatic heterocycles. The minimum atomic E-state index is -0.242. The minimum Gasteiger partial charge on any atom is -0.459 e. The van der Waals surface area contributed by atoms with Gasteiger partial charge < -0.3 is 24.1 Å². The van der Waals surface area contributed by atoms with E-state index in [2.05, 4.69) is 36.0 Å². The number of furan rings is 1. The lowest BCUT2D eigenvalue weighted by Crippen LogP contribution is -2.52. The van der Waals surface area contributed by atoms with Crippen molar-refractivity contribution in [2.24, 2.45) is 0 Å². The third-order valence-corrected chi connectivity index (χ3v) is 4.49. The highest BCUT2D eigenvalue weighted by molar-refractivity contribution is 5.91. The average Bonchev–Trinajstić information content (AvgIpc) is 3.20. The monoisotopic (exact) mass is 388 g/mol. The lowest BCUT2D eigenvalue weighted by atomic mass is 9.95. The number of methoxy groups -OCH3 is 1. The largest absolute Gasteiger partial charge is 0.459 e. The van der Waals surface area contributed by atoms with Crippen LogP contribution in [0.15, 0.2) is 28.9 Å². The standard InChI is InChI=1S/C20H28N4O4/c1-20(2,3)19-22-14(12-26-4)10-17(23-19)24-7-9-27-13-15(24)11-21-18(25)16-6-5-8-28-16/h5-6,8,10,15H,7,9,11-13H2,1-4H3,(H,21,25). The van der Waals surface area contributed by atoms with Crippen LogP contribution in [0.25, 0.3) is 0 Å². The van der Waals surface area contributed by atoms with Crippen molar-refractivity contribution in [1.82, 2.24) is 15.3 Å². The number of rotatable bonds is 6. The van der Waals surface area contributed by atoms with Gasteiger partial charge in [-0.1, -0.05) is 20.8 Å². The van der Waals surface area contributed by atoms with Crippen LogP contribution in [0.5, 0.6) is 0 Å². The fraction of sp³-hybridized carbons (Fsp3) is 0.550. The Morgan fingerprint density at radius 1 is 1.39 bits per heavy atom. The van der Waals surface area contributed by atoms with Crippen LogP contribution in [0.4, 0.5) is 5.82 Å². The van der Waals surface area contributed by atoms with Crippen LogP contribution >= 0.6 is 0 Å². The van der Waals surface area contributed by atoms with Crippen LogP contribution in [0.2, 0.25) is 0 Å². The van der Waals surface area contributed by atoms with Crippen LogP contribution in [-0.4, -0.2) is 55.3 Å². The molecule has 3 heterocycles. The molecule has 1 fully saturated rings. The van der Waals surface area contributed by atoms with Gasteiger partial charge in [0.25, 0.3) is 5.91 Å². The Labute approximate surface area is 165 Å². The number of nitrogens with one attached hydrogen (secondary N) is 1. The molecule has 2 aromatic heterocycles. The maximum atomic E-state index is 12.2. The molecule has 8 heteroatoms. The molecule has 1 unspecified atom stereocenters. The van der Waals surface area contributed by atoms with Crippen molar-refractivity contribution in [3.63, 3.8) is 0 Å². The quantitative estimate of drug-likeness (QED) is 0.811. The van der Waals surface area contributed by atoms with Gasteiger partial charge in [0.2, 0.25) is 0 Å². The highest BCUT2D eigenvalue weighted by Gasteiger charge is 2.28. The number of hydrogen-bond acceptors (Lipinski definition) is 7. The SMILES string of the molecule is COCc1cc(N2CCOCC2CNC(=O)c2ccco2)nc(C(C)(C)C)n1. The molecule has 0 saturated carbocycles. The molecule has 152 valence electrons. The number of hydrogen-bond donors (Lipinski definition) is 1. The summed E-state index contributed by atoms with van der Waals surface area (Å²) in [5, 5.41) is 2.92. The van der Waals surface area contributed by atoms with Gasteiger partial charge in [-0.2, -0.15) is 0 Å². The molecule has 0 aliphatic carbocycles. The molecule has 8 nitrogen and oxygen atoms in total. The van der Waals surface area contributed by atoms with Gasteiger partial charge in [-0.05, 0) is 12.1 Å². The lowest BCUT2D eigenvalue weighted by molar-refractivity contribution is 0.0837. The van der Waals surface area contributed by atoms with Crippen LogP contribution in [0.1, 0.15) is 42.8 Å². The molecule has 0 spiro atoms. The maximum absolute atomic E-state index is 12.2. The van der Waals surface area contributed by atoms with Crippen molar-refractivity contribution in [3.05, 3.63) is 41.7 Å². The van der Waals surface area contributed by atoms with E-state index in [0.29, 0.717) is 38.7 Å². The maximum Gasteiger partial charge on any atom is 0.287 e. The molecule has 3 rings (SSSR count). The number of carbonyl (C=O) groups is 1. The van der Waals surface area contributed by atoms with Crippen molar-refractivity contribution in [2.45, 2.75) is 38.8 Å². The summed E-state index contributed by atoms with van der Waals surface area (Å²) in [7, 11) is 1.65. The van der Waals surface area contributed by atoms with Crippen molar-refractivity contribution in [3.8, 4) is 0 Å². The Bertz CT molecular complexity index is 786. The average molecular weight is 388 g/mol. The van der Waals surface area contributed by atoms with Crippen molar-refractivity contribution >= 4 is 11.7 Å². The number of anilines is 1. The number of amides is 1. The third-order valence-electron chi connectivity index (χ3n) is 4.49. The van der Waals surface area contributed by atoms with Gasteiger partial charge in [0.05, 0.1) is 37.8 Å². The van der Waals surface area contributed by atoms with Gasteiger partial charge in [-0.25, -0.2) is 9.97 Å². The number of carbonyl (C=O) groups excluding carboxylic acids is 1. The molecule has 0 aromatic carbocycles. The minimum absolute atomic E-state index is 0.0363. The Hall–Kier alpha value is -2.45. The van der Waals surface area contributed by atoms with Gasteiger partial charge in [-0.3, -0.25) is 4.79 Å². The Morgan fingerprint density at radius 2 is 2.21 bits per heavy atom. The fourth-order valence-corrected chi connectivity index (χ4v) is 3.02. The van der Waals surface area contributed by atoms with E-state index in [4.69, 9.17) is 18.9 Å². The molecular formula is C20H28N4O4. The zero-order valence-corrected chi connectivity index (χ0v) is 16.9. The van der Waals surface area contributed by atoms with E-state index in [1.165, 1.54) is 6.26 Å². The first-order valence-corrected chi connectivity index (χ1v) is 9.42. The Morgan fingerprint density at radius 3 is 2.89 bits per heavy atom. The van der Waals surface area contributed by atoms with E-state index >= 15 is 0 Å². The summed E-state index contributed by atoms with van der Waals surface area (Å²) < 4.78 is 16.1. The van der Waals surface area contributed by atoms with Crippen molar-refractivity contribution in [2.75, 3.05) is 38.3 Å². The van der Waals surface area contributed by atoms with Gasteiger partial charge in [0.1, 0.15) is 11.6 Å². The second kappa shape index (κ2) is 8.70.